The second kappa shape index (κ2) is 4.49. The van der Waals surface area contributed by atoms with Gasteiger partial charge in [0.1, 0.15) is 0 Å². The van der Waals surface area contributed by atoms with Crippen LogP contribution < -0.4 is 0 Å². The molecule has 15 heavy (non-hydrogen) atoms. The molecular formula is C9H16O5S. The number of aliphatic carboxylic acids is 1. The molecule has 0 aromatic carbocycles. The minimum absolute atomic E-state index is 0.0981. The van der Waals surface area contributed by atoms with Crippen molar-refractivity contribution in [3.63, 3.8) is 0 Å². The van der Waals surface area contributed by atoms with Gasteiger partial charge in [-0.25, -0.2) is 8.42 Å². The number of sulfone groups is 1. The number of ether oxygens (including phenoxy) is 1. The second-order valence-electron chi connectivity index (χ2n) is 3.73. The number of hydrogen-bond acceptors (Lipinski definition) is 4. The molecule has 0 aromatic rings. The van der Waals surface area contributed by atoms with Crippen LogP contribution in [0, 0.1) is 0 Å². The van der Waals surface area contributed by atoms with Crippen LogP contribution in [0.1, 0.15) is 26.7 Å². The molecule has 88 valence electrons. The fourth-order valence-electron chi connectivity index (χ4n) is 1.90. The highest BCUT2D eigenvalue weighted by molar-refractivity contribution is 7.93. The van der Waals surface area contributed by atoms with E-state index in [-0.39, 0.29) is 6.42 Å². The summed E-state index contributed by atoms with van der Waals surface area (Å²) < 4.78 is 29.1. The van der Waals surface area contributed by atoms with Gasteiger partial charge >= 0.3 is 5.97 Å². The van der Waals surface area contributed by atoms with Gasteiger partial charge in [-0.2, -0.15) is 0 Å². The van der Waals surface area contributed by atoms with Gasteiger partial charge in [-0.05, 0) is 19.8 Å². The maximum absolute atomic E-state index is 12.0. The molecule has 1 heterocycles. The Hall–Kier alpha value is -0.620. The molecule has 1 rings (SSSR count). The van der Waals surface area contributed by atoms with Gasteiger partial charge in [0, 0.05) is 6.61 Å². The first-order chi connectivity index (χ1) is 6.91. The van der Waals surface area contributed by atoms with E-state index in [1.54, 1.807) is 13.8 Å². The standard InChI is InChI=1S/C9H16O5S/c1-3-7(9(10)11)15(12,13)8-4-5-14-6(8)2/h6-8H,3-5H2,1-2H3,(H,10,11). The van der Waals surface area contributed by atoms with Crippen LogP contribution in [0.4, 0.5) is 0 Å². The number of hydrogen-bond donors (Lipinski definition) is 1. The average Bonchev–Trinajstić information content (AvgIpc) is 2.51. The van der Waals surface area contributed by atoms with E-state index in [0.717, 1.165) is 0 Å². The lowest BCUT2D eigenvalue weighted by Crippen LogP contribution is -2.40. The molecule has 0 amide bonds. The SMILES string of the molecule is CCC(C(=O)O)S(=O)(=O)C1CCOC1C. The van der Waals surface area contributed by atoms with Gasteiger partial charge in [0.05, 0.1) is 11.4 Å². The van der Waals surface area contributed by atoms with Gasteiger partial charge < -0.3 is 9.84 Å². The van der Waals surface area contributed by atoms with Crippen molar-refractivity contribution in [1.29, 1.82) is 0 Å². The predicted molar refractivity (Wildman–Crippen MR) is 54.5 cm³/mol. The Bertz CT molecular complexity index is 334. The summed E-state index contributed by atoms with van der Waals surface area (Å²) in [6.07, 6.45) is 0.0946. The van der Waals surface area contributed by atoms with Crippen LogP contribution in [-0.2, 0) is 19.4 Å². The average molecular weight is 236 g/mol. The molecule has 0 aromatic heterocycles. The van der Waals surface area contributed by atoms with Crippen LogP contribution in [-0.4, -0.2) is 42.7 Å². The number of carboxylic acids is 1. The molecule has 1 N–H and O–H groups in total. The molecule has 1 fully saturated rings. The Morgan fingerprint density at radius 2 is 2.20 bits per heavy atom. The van der Waals surface area contributed by atoms with E-state index in [9.17, 15) is 13.2 Å². The lowest BCUT2D eigenvalue weighted by atomic mass is 10.2. The van der Waals surface area contributed by atoms with Crippen molar-refractivity contribution in [2.24, 2.45) is 0 Å². The molecule has 0 radical (unpaired) electrons. The quantitative estimate of drug-likeness (QED) is 0.766. The summed E-state index contributed by atoms with van der Waals surface area (Å²) in [6, 6.07) is 0. The first kappa shape index (κ1) is 12.4. The van der Waals surface area contributed by atoms with E-state index >= 15 is 0 Å². The van der Waals surface area contributed by atoms with Gasteiger partial charge in [0.25, 0.3) is 0 Å². The first-order valence-electron chi connectivity index (χ1n) is 4.98. The normalized spacial score (nSPS) is 28.9. The molecule has 5 nitrogen and oxygen atoms in total. The van der Waals surface area contributed by atoms with E-state index in [2.05, 4.69) is 0 Å². The molecule has 1 aliphatic heterocycles. The van der Waals surface area contributed by atoms with Crippen LogP contribution in [0.3, 0.4) is 0 Å². The minimum atomic E-state index is -3.62. The van der Waals surface area contributed by atoms with Gasteiger partial charge in [0.2, 0.25) is 0 Å². The van der Waals surface area contributed by atoms with Crippen molar-refractivity contribution in [3.05, 3.63) is 0 Å². The third kappa shape index (κ3) is 2.31. The number of carboxylic acid groups (broad SMARTS) is 1. The van der Waals surface area contributed by atoms with Crippen molar-refractivity contribution in [2.75, 3.05) is 6.61 Å². The van der Waals surface area contributed by atoms with Crippen LogP contribution >= 0.6 is 0 Å². The smallest absolute Gasteiger partial charge is 0.321 e. The van der Waals surface area contributed by atoms with Gasteiger partial charge in [-0.15, -0.1) is 0 Å². The monoisotopic (exact) mass is 236 g/mol. The molecule has 3 atom stereocenters. The highest BCUT2D eigenvalue weighted by Gasteiger charge is 2.43. The van der Waals surface area contributed by atoms with Crippen LogP contribution in [0.2, 0.25) is 0 Å². The number of carbonyl (C=O) groups is 1. The molecule has 1 aliphatic rings. The summed E-state index contributed by atoms with van der Waals surface area (Å²) in [5.74, 6) is -1.27. The maximum Gasteiger partial charge on any atom is 0.321 e. The number of rotatable bonds is 4. The summed E-state index contributed by atoms with van der Waals surface area (Å²) >= 11 is 0. The fourth-order valence-corrected chi connectivity index (χ4v) is 4.11. The molecular weight excluding hydrogens is 220 g/mol. The third-order valence-corrected chi connectivity index (χ3v) is 5.56. The van der Waals surface area contributed by atoms with E-state index in [1.807, 2.05) is 0 Å². The molecule has 0 saturated carbocycles. The zero-order valence-corrected chi connectivity index (χ0v) is 9.66. The van der Waals surface area contributed by atoms with Crippen LogP contribution in [0.5, 0.6) is 0 Å². The van der Waals surface area contributed by atoms with Gasteiger partial charge in [-0.1, -0.05) is 6.92 Å². The molecule has 1 saturated heterocycles. The third-order valence-electron chi connectivity index (χ3n) is 2.77. The van der Waals surface area contributed by atoms with Crippen molar-refractivity contribution >= 4 is 15.8 Å². The molecule has 0 bridgehead atoms. The molecule has 6 heteroatoms. The molecule has 0 aliphatic carbocycles. The van der Waals surface area contributed by atoms with Crippen molar-refractivity contribution in [3.8, 4) is 0 Å². The van der Waals surface area contributed by atoms with Gasteiger partial charge in [-0.3, -0.25) is 4.79 Å². The predicted octanol–water partition coefficient (Wildman–Crippen LogP) is 0.442. The van der Waals surface area contributed by atoms with E-state index < -0.39 is 32.4 Å². The Morgan fingerprint density at radius 3 is 2.53 bits per heavy atom. The minimum Gasteiger partial charge on any atom is -0.480 e. The second-order valence-corrected chi connectivity index (χ2v) is 6.08. The highest BCUT2D eigenvalue weighted by atomic mass is 32.2. The van der Waals surface area contributed by atoms with Crippen LogP contribution in [0.15, 0.2) is 0 Å². The lowest BCUT2D eigenvalue weighted by molar-refractivity contribution is -0.136. The summed E-state index contributed by atoms with van der Waals surface area (Å²) in [5.41, 5.74) is 0. The summed E-state index contributed by atoms with van der Waals surface area (Å²) in [5, 5.41) is 6.87. The molecule has 3 unspecified atom stereocenters. The highest BCUT2D eigenvalue weighted by Crippen LogP contribution is 2.25. The Morgan fingerprint density at radius 1 is 1.60 bits per heavy atom. The molecule has 0 spiro atoms. The van der Waals surface area contributed by atoms with Gasteiger partial charge in [0.15, 0.2) is 15.1 Å². The fraction of sp³-hybridized carbons (Fsp3) is 0.889. The topological polar surface area (TPSA) is 80.7 Å². The Labute approximate surface area is 89.3 Å². The van der Waals surface area contributed by atoms with E-state index in [0.29, 0.717) is 13.0 Å². The zero-order chi connectivity index (χ0) is 11.6. The Kier molecular flexibility index (Phi) is 3.72. The summed E-state index contributed by atoms with van der Waals surface area (Å²) in [4.78, 5) is 10.8. The van der Waals surface area contributed by atoms with Crippen LogP contribution in [0.25, 0.3) is 0 Å². The van der Waals surface area contributed by atoms with Crippen molar-refractivity contribution in [1.82, 2.24) is 0 Å². The largest absolute Gasteiger partial charge is 0.480 e. The summed E-state index contributed by atoms with van der Waals surface area (Å²) in [6.45, 7) is 3.63. The van der Waals surface area contributed by atoms with Crippen molar-refractivity contribution < 1.29 is 23.1 Å². The first-order valence-corrected chi connectivity index (χ1v) is 6.59. The van der Waals surface area contributed by atoms with E-state index in [4.69, 9.17) is 9.84 Å². The van der Waals surface area contributed by atoms with Crippen molar-refractivity contribution in [2.45, 2.75) is 43.3 Å². The maximum atomic E-state index is 12.0. The lowest BCUT2D eigenvalue weighted by Gasteiger charge is -2.19. The Balaban J connectivity index is 2.95. The van der Waals surface area contributed by atoms with E-state index in [1.165, 1.54) is 0 Å². The summed E-state index contributed by atoms with van der Waals surface area (Å²) in [7, 11) is -3.62. The zero-order valence-electron chi connectivity index (χ0n) is 8.84.